The van der Waals surface area contributed by atoms with Crippen LogP contribution in [0.2, 0.25) is 5.02 Å². The summed E-state index contributed by atoms with van der Waals surface area (Å²) in [6.07, 6.45) is 5.47. The third-order valence-corrected chi connectivity index (χ3v) is 9.83. The second kappa shape index (κ2) is 12.5. The SMILES string of the molecule is COc1ccc(-c2cc3c(N[C@@H]4CC[C@H](NS(=O)(=O)c5ccc(F)cc5)C4)c(/C(N)=N/c4ccccc4Cl)cnn3c2)c(C)c1. The van der Waals surface area contributed by atoms with Crippen LogP contribution in [-0.2, 0) is 10.0 Å². The number of nitrogens with two attached hydrogens (primary N) is 1. The van der Waals surface area contributed by atoms with E-state index in [1.54, 1.807) is 30.0 Å². The first kappa shape index (κ1) is 30.6. The van der Waals surface area contributed by atoms with Crippen LogP contribution < -0.4 is 20.5 Å². The van der Waals surface area contributed by atoms with Crippen molar-refractivity contribution in [1.82, 2.24) is 14.3 Å². The number of benzene rings is 3. The molecule has 1 fully saturated rings. The molecule has 0 unspecified atom stereocenters. The van der Waals surface area contributed by atoms with Gasteiger partial charge in [-0.2, -0.15) is 5.10 Å². The van der Waals surface area contributed by atoms with Crippen LogP contribution >= 0.6 is 11.6 Å². The molecule has 0 bridgehead atoms. The van der Waals surface area contributed by atoms with Crippen molar-refractivity contribution >= 4 is 44.4 Å². The Hall–Kier alpha value is -4.45. The van der Waals surface area contributed by atoms with E-state index in [1.165, 1.54) is 12.1 Å². The Balaban J connectivity index is 1.34. The highest BCUT2D eigenvalue weighted by molar-refractivity contribution is 7.89. The number of para-hydroxylation sites is 1. The van der Waals surface area contributed by atoms with E-state index >= 15 is 0 Å². The normalized spacial score (nSPS) is 17.1. The molecule has 5 aromatic rings. The Kier molecular flexibility index (Phi) is 8.50. The lowest BCUT2D eigenvalue weighted by molar-refractivity contribution is 0.414. The van der Waals surface area contributed by atoms with Gasteiger partial charge in [0.25, 0.3) is 0 Å². The monoisotopic (exact) mass is 646 g/mol. The number of halogens is 2. The number of sulfonamides is 1. The fourth-order valence-corrected chi connectivity index (χ4v) is 7.16. The van der Waals surface area contributed by atoms with E-state index in [0.29, 0.717) is 35.5 Å². The van der Waals surface area contributed by atoms with E-state index in [-0.39, 0.29) is 22.8 Å². The smallest absolute Gasteiger partial charge is 0.240 e. The molecule has 0 aliphatic heterocycles. The van der Waals surface area contributed by atoms with Gasteiger partial charge in [0.2, 0.25) is 10.0 Å². The number of rotatable bonds is 9. The van der Waals surface area contributed by atoms with Crippen LogP contribution in [0.3, 0.4) is 0 Å². The molecular weight excluding hydrogens is 615 g/mol. The summed E-state index contributed by atoms with van der Waals surface area (Å²) >= 11 is 6.37. The third-order valence-electron chi connectivity index (χ3n) is 7.98. The molecule has 12 heteroatoms. The van der Waals surface area contributed by atoms with Gasteiger partial charge in [0.05, 0.1) is 45.7 Å². The summed E-state index contributed by atoms with van der Waals surface area (Å²) in [6, 6.07) is 19.6. The summed E-state index contributed by atoms with van der Waals surface area (Å²) in [5, 5.41) is 8.76. The van der Waals surface area contributed by atoms with Crippen molar-refractivity contribution in [3.8, 4) is 16.9 Å². The first-order valence-corrected chi connectivity index (χ1v) is 16.3. The number of aliphatic imine (C=N–C) groups is 1. The third kappa shape index (κ3) is 6.51. The predicted molar refractivity (Wildman–Crippen MR) is 176 cm³/mol. The lowest BCUT2D eigenvalue weighted by Gasteiger charge is -2.19. The van der Waals surface area contributed by atoms with Crippen LogP contribution in [0.5, 0.6) is 5.75 Å². The molecule has 2 atom stereocenters. The minimum absolute atomic E-state index is 0.0246. The minimum atomic E-state index is -3.81. The van der Waals surface area contributed by atoms with E-state index in [4.69, 9.17) is 22.1 Å². The molecule has 4 N–H and O–H groups in total. The van der Waals surface area contributed by atoms with Gasteiger partial charge in [0.1, 0.15) is 17.4 Å². The number of methoxy groups -OCH3 is 1. The van der Waals surface area contributed by atoms with E-state index in [2.05, 4.69) is 20.1 Å². The molecule has 1 saturated carbocycles. The summed E-state index contributed by atoms with van der Waals surface area (Å²) in [6.45, 7) is 2.03. The van der Waals surface area contributed by atoms with Gasteiger partial charge in [-0.1, -0.05) is 29.8 Å². The summed E-state index contributed by atoms with van der Waals surface area (Å²) < 4.78 is 49.3. The second-order valence-electron chi connectivity index (χ2n) is 11.0. The number of nitrogens with one attached hydrogen (secondary N) is 2. The standard InChI is InChI=1S/C33H32ClFN6O3S/c1-20-15-25(44-2)11-14-27(20)21-16-31-32(28(18-37-41(31)19-21)33(36)39-30-6-4-3-5-29(30)34)38-23-9-10-24(17-23)40-45(42,43)26-12-7-22(35)8-13-26/h3-8,11-16,18-19,23-24,38,40H,9-10,17H2,1-2H3,(H2,36,39)/t23-,24+/m1/s1. The Labute approximate surface area is 266 Å². The zero-order valence-corrected chi connectivity index (χ0v) is 26.2. The number of ether oxygens (including phenoxy) is 1. The van der Waals surface area contributed by atoms with Crippen LogP contribution in [0, 0.1) is 12.7 Å². The van der Waals surface area contributed by atoms with Crippen LogP contribution in [0.1, 0.15) is 30.4 Å². The number of nitrogens with zero attached hydrogens (tertiary/aromatic N) is 3. The van der Waals surface area contributed by atoms with Crippen LogP contribution in [0.15, 0.2) is 95.1 Å². The van der Waals surface area contributed by atoms with Gasteiger partial charge >= 0.3 is 0 Å². The van der Waals surface area contributed by atoms with E-state index < -0.39 is 15.8 Å². The molecule has 3 aromatic carbocycles. The zero-order valence-electron chi connectivity index (χ0n) is 24.7. The van der Waals surface area contributed by atoms with Crippen molar-refractivity contribution < 1.29 is 17.5 Å². The maximum absolute atomic E-state index is 13.4. The molecule has 232 valence electrons. The lowest BCUT2D eigenvalue weighted by atomic mass is 10.0. The van der Waals surface area contributed by atoms with Gasteiger partial charge in [0, 0.05) is 23.8 Å². The highest BCUT2D eigenvalue weighted by Crippen LogP contribution is 2.34. The molecular formula is C33H32ClFN6O3S. The maximum atomic E-state index is 13.4. The van der Waals surface area contributed by atoms with Crippen LogP contribution in [0.25, 0.3) is 16.6 Å². The minimum Gasteiger partial charge on any atom is -0.497 e. The predicted octanol–water partition coefficient (Wildman–Crippen LogP) is 6.46. The maximum Gasteiger partial charge on any atom is 0.240 e. The van der Waals surface area contributed by atoms with E-state index in [1.807, 2.05) is 49.5 Å². The average Bonchev–Trinajstić information content (AvgIpc) is 3.65. The first-order valence-electron chi connectivity index (χ1n) is 14.4. The highest BCUT2D eigenvalue weighted by Gasteiger charge is 2.30. The van der Waals surface area contributed by atoms with Crippen molar-refractivity contribution in [3.63, 3.8) is 0 Å². The zero-order chi connectivity index (χ0) is 31.7. The molecule has 0 radical (unpaired) electrons. The van der Waals surface area contributed by atoms with Crippen molar-refractivity contribution in [2.45, 2.75) is 43.2 Å². The lowest BCUT2D eigenvalue weighted by Crippen LogP contribution is -2.34. The molecule has 0 saturated heterocycles. The molecule has 45 heavy (non-hydrogen) atoms. The number of fused-ring (bicyclic) bond motifs is 1. The number of hydrogen-bond donors (Lipinski definition) is 3. The molecule has 2 aromatic heterocycles. The van der Waals surface area contributed by atoms with Crippen LogP contribution in [0.4, 0.5) is 15.8 Å². The fraction of sp³-hybridized carbons (Fsp3) is 0.212. The van der Waals surface area contributed by atoms with Gasteiger partial charge < -0.3 is 15.8 Å². The molecule has 6 rings (SSSR count). The van der Waals surface area contributed by atoms with E-state index in [0.717, 1.165) is 45.8 Å². The Bertz CT molecular complexity index is 2010. The number of amidine groups is 1. The van der Waals surface area contributed by atoms with Crippen molar-refractivity contribution in [2.75, 3.05) is 12.4 Å². The number of aryl methyl sites for hydroxylation is 1. The van der Waals surface area contributed by atoms with Gasteiger partial charge in [-0.25, -0.2) is 27.0 Å². The van der Waals surface area contributed by atoms with Crippen molar-refractivity contribution in [2.24, 2.45) is 10.7 Å². The molecule has 9 nitrogen and oxygen atoms in total. The summed E-state index contributed by atoms with van der Waals surface area (Å²) in [5.74, 6) is 0.513. The second-order valence-corrected chi connectivity index (χ2v) is 13.2. The van der Waals surface area contributed by atoms with Gasteiger partial charge in [-0.05, 0) is 91.9 Å². The molecule has 0 amide bonds. The fourth-order valence-electron chi connectivity index (χ4n) is 5.69. The average molecular weight is 647 g/mol. The Morgan fingerprint density at radius 3 is 2.58 bits per heavy atom. The quantitative estimate of drug-likeness (QED) is 0.125. The topological polar surface area (TPSA) is 123 Å². The Morgan fingerprint density at radius 1 is 1.09 bits per heavy atom. The summed E-state index contributed by atoms with van der Waals surface area (Å²) in [7, 11) is -2.17. The summed E-state index contributed by atoms with van der Waals surface area (Å²) in [5.41, 5.74) is 12.3. The van der Waals surface area contributed by atoms with Gasteiger partial charge in [-0.3, -0.25) is 0 Å². The van der Waals surface area contributed by atoms with E-state index in [9.17, 15) is 12.8 Å². The first-order chi connectivity index (χ1) is 21.6. The van der Waals surface area contributed by atoms with Crippen molar-refractivity contribution in [1.29, 1.82) is 0 Å². The molecule has 1 aliphatic carbocycles. The molecule has 1 aliphatic rings. The number of aromatic nitrogens is 2. The van der Waals surface area contributed by atoms with Crippen molar-refractivity contribution in [3.05, 3.63) is 107 Å². The van der Waals surface area contributed by atoms with Crippen LogP contribution in [-0.4, -0.2) is 43.1 Å². The summed E-state index contributed by atoms with van der Waals surface area (Å²) in [4.78, 5) is 4.64. The number of hydrogen-bond acceptors (Lipinski definition) is 6. The van der Waals surface area contributed by atoms with Gasteiger partial charge in [-0.15, -0.1) is 0 Å². The van der Waals surface area contributed by atoms with Gasteiger partial charge in [0.15, 0.2) is 0 Å². The largest absolute Gasteiger partial charge is 0.497 e. The Morgan fingerprint density at radius 2 is 1.84 bits per heavy atom. The molecule has 2 heterocycles. The highest BCUT2D eigenvalue weighted by atomic mass is 35.5. The number of anilines is 1. The molecule has 0 spiro atoms.